The molecule has 0 aromatic carbocycles. The monoisotopic (exact) mass is 145 g/mol. The fourth-order valence-corrected chi connectivity index (χ4v) is 1.37. The van der Waals surface area contributed by atoms with Gasteiger partial charge in [0.25, 0.3) is 0 Å². The molecule has 0 heterocycles. The van der Waals surface area contributed by atoms with Crippen LogP contribution in [-0.2, 0) is 0 Å². The van der Waals surface area contributed by atoms with Gasteiger partial charge < -0.3 is 5.21 Å². The average molecular weight is 145 g/mol. The maximum atomic E-state index is 8.71. The topological polar surface area (TPSA) is 32.3 Å². The molecule has 2 heteroatoms. The molecule has 0 saturated carbocycles. The van der Waals surface area contributed by atoms with Crippen molar-refractivity contribution in [1.29, 1.82) is 0 Å². The van der Waals surface area contributed by atoms with Gasteiger partial charge in [0.2, 0.25) is 0 Å². The first kappa shape index (κ1) is 9.92. The van der Waals surface area contributed by atoms with E-state index in [2.05, 4.69) is 26.3 Å². The zero-order valence-corrected chi connectivity index (χ0v) is 7.65. The molecule has 0 aromatic heterocycles. The molecule has 0 amide bonds. The molecule has 0 saturated heterocycles. The van der Waals surface area contributed by atoms with Crippen molar-refractivity contribution in [1.82, 2.24) is 5.48 Å². The van der Waals surface area contributed by atoms with Crippen LogP contribution in [0.1, 0.15) is 41.0 Å². The summed E-state index contributed by atoms with van der Waals surface area (Å²) in [5, 5.41) is 8.71. The molecule has 0 aromatic rings. The van der Waals surface area contributed by atoms with Crippen molar-refractivity contribution in [3.8, 4) is 0 Å². The molecule has 10 heavy (non-hydrogen) atoms. The summed E-state index contributed by atoms with van der Waals surface area (Å²) in [5.41, 5.74) is 2.39. The molecule has 0 unspecified atom stereocenters. The minimum absolute atomic E-state index is 0.168. The molecule has 0 bridgehead atoms. The third-order valence-electron chi connectivity index (χ3n) is 1.27. The van der Waals surface area contributed by atoms with Crippen LogP contribution in [0.4, 0.5) is 0 Å². The van der Waals surface area contributed by atoms with E-state index in [1.807, 2.05) is 13.8 Å². The Hall–Kier alpha value is -0.0800. The largest absolute Gasteiger partial charge is 0.316 e. The first-order valence-corrected chi connectivity index (χ1v) is 3.68. The summed E-state index contributed by atoms with van der Waals surface area (Å²) in [6, 6.07) is 0. The fraction of sp³-hybridized carbons (Fsp3) is 1.00. The van der Waals surface area contributed by atoms with Crippen molar-refractivity contribution in [2.24, 2.45) is 5.41 Å². The third-order valence-corrected chi connectivity index (χ3v) is 1.27. The number of hydrogen-bond acceptors (Lipinski definition) is 2. The van der Waals surface area contributed by atoms with Gasteiger partial charge in [0.15, 0.2) is 0 Å². The lowest BCUT2D eigenvalue weighted by Gasteiger charge is -2.30. The quantitative estimate of drug-likeness (QED) is 0.584. The number of nitrogens with one attached hydrogen (secondary N) is 1. The second-order valence-corrected chi connectivity index (χ2v) is 4.73. The highest BCUT2D eigenvalue weighted by atomic mass is 16.5. The SMILES string of the molecule is CC(C)(C)CC(C)(C)NO. The fourth-order valence-electron chi connectivity index (χ4n) is 1.37. The highest BCUT2D eigenvalue weighted by molar-refractivity contribution is 4.79. The van der Waals surface area contributed by atoms with Crippen LogP contribution < -0.4 is 5.48 Å². The van der Waals surface area contributed by atoms with Crippen LogP contribution in [0.15, 0.2) is 0 Å². The van der Waals surface area contributed by atoms with Gasteiger partial charge in [0.05, 0.1) is 0 Å². The lowest BCUT2D eigenvalue weighted by Crippen LogP contribution is -2.40. The first-order chi connectivity index (χ1) is 4.27. The van der Waals surface area contributed by atoms with Crippen molar-refractivity contribution >= 4 is 0 Å². The predicted molar refractivity (Wildman–Crippen MR) is 43.1 cm³/mol. The molecule has 0 rings (SSSR count). The molecule has 0 aliphatic carbocycles. The highest BCUT2D eigenvalue weighted by Crippen LogP contribution is 2.26. The van der Waals surface area contributed by atoms with E-state index in [1.165, 1.54) is 0 Å². The van der Waals surface area contributed by atoms with E-state index in [0.717, 1.165) is 6.42 Å². The molecule has 2 N–H and O–H groups in total. The van der Waals surface area contributed by atoms with Crippen molar-refractivity contribution in [3.05, 3.63) is 0 Å². The summed E-state index contributed by atoms with van der Waals surface area (Å²) >= 11 is 0. The predicted octanol–water partition coefficient (Wildman–Crippen LogP) is 2.18. The summed E-state index contributed by atoms with van der Waals surface area (Å²) in [6.45, 7) is 10.4. The molecule has 2 nitrogen and oxygen atoms in total. The summed E-state index contributed by atoms with van der Waals surface area (Å²) in [5.74, 6) is 0. The zero-order chi connectivity index (χ0) is 8.41. The van der Waals surface area contributed by atoms with E-state index in [9.17, 15) is 0 Å². The Balaban J connectivity index is 3.89. The lowest BCUT2D eigenvalue weighted by molar-refractivity contribution is 0.0561. The standard InChI is InChI=1S/C8H19NO/c1-7(2,3)6-8(4,5)9-10/h9-10H,6H2,1-5H3. The lowest BCUT2D eigenvalue weighted by atomic mass is 9.82. The molecular formula is C8H19NO. The smallest absolute Gasteiger partial charge is 0.0378 e. The molecular weight excluding hydrogens is 126 g/mol. The van der Waals surface area contributed by atoms with Crippen LogP contribution >= 0.6 is 0 Å². The Morgan fingerprint density at radius 2 is 1.50 bits per heavy atom. The molecule has 0 spiro atoms. The Bertz CT molecular complexity index is 102. The van der Waals surface area contributed by atoms with E-state index >= 15 is 0 Å². The van der Waals surface area contributed by atoms with Crippen molar-refractivity contribution in [3.63, 3.8) is 0 Å². The van der Waals surface area contributed by atoms with E-state index in [-0.39, 0.29) is 11.0 Å². The molecule has 0 fully saturated rings. The van der Waals surface area contributed by atoms with Gasteiger partial charge in [-0.15, -0.1) is 0 Å². The minimum Gasteiger partial charge on any atom is -0.316 e. The normalized spacial score (nSPS) is 13.8. The number of hydroxylamine groups is 1. The highest BCUT2D eigenvalue weighted by Gasteiger charge is 2.24. The average Bonchev–Trinajstić information content (AvgIpc) is 1.60. The third kappa shape index (κ3) is 4.77. The van der Waals surface area contributed by atoms with Crippen LogP contribution in [0.2, 0.25) is 0 Å². The van der Waals surface area contributed by atoms with Crippen LogP contribution in [-0.4, -0.2) is 10.7 Å². The second kappa shape index (κ2) is 2.89. The Morgan fingerprint density at radius 1 is 1.10 bits per heavy atom. The Labute approximate surface area is 63.6 Å². The molecule has 0 aliphatic heterocycles. The van der Waals surface area contributed by atoms with Gasteiger partial charge in [-0.3, -0.25) is 0 Å². The molecule has 62 valence electrons. The van der Waals surface area contributed by atoms with Crippen LogP contribution in [0, 0.1) is 5.41 Å². The van der Waals surface area contributed by atoms with Gasteiger partial charge in [0, 0.05) is 5.54 Å². The van der Waals surface area contributed by atoms with Crippen LogP contribution in [0.5, 0.6) is 0 Å². The summed E-state index contributed by atoms with van der Waals surface area (Å²) < 4.78 is 0. The van der Waals surface area contributed by atoms with E-state index < -0.39 is 0 Å². The van der Waals surface area contributed by atoms with Gasteiger partial charge in [-0.25, -0.2) is 5.48 Å². The van der Waals surface area contributed by atoms with Gasteiger partial charge in [0.1, 0.15) is 0 Å². The summed E-state index contributed by atoms with van der Waals surface area (Å²) in [6.07, 6.45) is 0.955. The molecule has 0 atom stereocenters. The molecule has 0 aliphatic rings. The summed E-state index contributed by atoms with van der Waals surface area (Å²) in [4.78, 5) is 0. The number of hydrogen-bond donors (Lipinski definition) is 2. The van der Waals surface area contributed by atoms with Gasteiger partial charge in [-0.2, -0.15) is 0 Å². The zero-order valence-electron chi connectivity index (χ0n) is 7.65. The van der Waals surface area contributed by atoms with Gasteiger partial charge in [-0.05, 0) is 25.7 Å². The van der Waals surface area contributed by atoms with E-state index in [4.69, 9.17) is 5.21 Å². The van der Waals surface area contributed by atoms with Crippen molar-refractivity contribution in [2.75, 3.05) is 0 Å². The van der Waals surface area contributed by atoms with Gasteiger partial charge >= 0.3 is 0 Å². The maximum absolute atomic E-state index is 8.71. The number of rotatable bonds is 2. The van der Waals surface area contributed by atoms with Crippen LogP contribution in [0.3, 0.4) is 0 Å². The van der Waals surface area contributed by atoms with Gasteiger partial charge in [-0.1, -0.05) is 20.8 Å². The van der Waals surface area contributed by atoms with E-state index in [0.29, 0.717) is 0 Å². The summed E-state index contributed by atoms with van der Waals surface area (Å²) in [7, 11) is 0. The van der Waals surface area contributed by atoms with Crippen molar-refractivity contribution in [2.45, 2.75) is 46.6 Å². The Morgan fingerprint density at radius 3 is 1.60 bits per heavy atom. The van der Waals surface area contributed by atoms with Crippen molar-refractivity contribution < 1.29 is 5.21 Å². The van der Waals surface area contributed by atoms with E-state index in [1.54, 1.807) is 0 Å². The van der Waals surface area contributed by atoms with Crippen LogP contribution in [0.25, 0.3) is 0 Å². The first-order valence-electron chi connectivity index (χ1n) is 3.68. The second-order valence-electron chi connectivity index (χ2n) is 4.73. The maximum Gasteiger partial charge on any atom is 0.0378 e. The Kier molecular flexibility index (Phi) is 2.86. The minimum atomic E-state index is -0.168. The molecule has 0 radical (unpaired) electrons.